The molecule has 5 heteroatoms. The molecule has 1 atom stereocenters. The fraction of sp³-hybridized carbons (Fsp3) is 0.357. The first-order valence-corrected chi connectivity index (χ1v) is 5.96. The van der Waals surface area contributed by atoms with Crippen LogP contribution in [0.25, 0.3) is 6.08 Å². The first-order valence-electron chi connectivity index (χ1n) is 5.96. The summed E-state index contributed by atoms with van der Waals surface area (Å²) in [5, 5.41) is 2.76. The monoisotopic (exact) mass is 264 g/mol. The number of nitrogens with two attached hydrogens (primary N) is 1. The van der Waals surface area contributed by atoms with E-state index in [4.69, 9.17) is 15.2 Å². The molecular formula is C14H20N2O3. The summed E-state index contributed by atoms with van der Waals surface area (Å²) in [5.74, 6) is -0.214. The molecule has 0 aliphatic rings. The number of benzene rings is 1. The Kier molecular flexibility index (Phi) is 6.05. The van der Waals surface area contributed by atoms with Crippen LogP contribution in [-0.4, -0.2) is 32.5 Å². The molecule has 0 fully saturated rings. The second-order valence-corrected chi connectivity index (χ2v) is 4.14. The first kappa shape index (κ1) is 15.2. The molecule has 0 heterocycles. The van der Waals surface area contributed by atoms with Crippen molar-refractivity contribution < 1.29 is 14.3 Å². The molecule has 0 bridgehead atoms. The highest BCUT2D eigenvalue weighted by atomic mass is 16.7. The summed E-state index contributed by atoms with van der Waals surface area (Å²) in [6, 6.07) is 7.05. The lowest BCUT2D eigenvalue weighted by molar-refractivity contribution is -0.132. The largest absolute Gasteiger partial charge is 0.399 e. The van der Waals surface area contributed by atoms with E-state index >= 15 is 0 Å². The number of carbonyl (C=O) groups excluding carboxylic acids is 1. The van der Waals surface area contributed by atoms with Gasteiger partial charge in [0.05, 0.1) is 6.04 Å². The Hall–Kier alpha value is -1.85. The summed E-state index contributed by atoms with van der Waals surface area (Å²) in [6.07, 6.45) is 2.69. The van der Waals surface area contributed by atoms with Gasteiger partial charge in [0.2, 0.25) is 5.91 Å². The summed E-state index contributed by atoms with van der Waals surface area (Å²) in [6.45, 7) is 1.81. The van der Waals surface area contributed by atoms with Crippen LogP contribution in [0.15, 0.2) is 30.3 Å². The third-order valence-corrected chi connectivity index (χ3v) is 2.58. The average molecular weight is 264 g/mol. The Balaban J connectivity index is 2.55. The minimum Gasteiger partial charge on any atom is -0.399 e. The normalized spacial score (nSPS) is 12.8. The molecule has 104 valence electrons. The average Bonchev–Trinajstić information content (AvgIpc) is 2.38. The Morgan fingerprint density at radius 1 is 1.37 bits per heavy atom. The topological polar surface area (TPSA) is 73.6 Å². The fourth-order valence-corrected chi connectivity index (χ4v) is 1.68. The quantitative estimate of drug-likeness (QED) is 0.463. The van der Waals surface area contributed by atoms with E-state index in [1.165, 1.54) is 20.3 Å². The first-order chi connectivity index (χ1) is 9.06. The smallest absolute Gasteiger partial charge is 0.244 e. The Labute approximate surface area is 113 Å². The van der Waals surface area contributed by atoms with E-state index in [0.717, 1.165) is 5.56 Å². The number of nitrogen functional groups attached to an aromatic ring is 1. The van der Waals surface area contributed by atoms with Crippen molar-refractivity contribution in [3.05, 3.63) is 35.9 Å². The zero-order valence-electron chi connectivity index (χ0n) is 11.4. The number of methoxy groups -OCH3 is 2. The highest BCUT2D eigenvalue weighted by Crippen LogP contribution is 2.08. The molecule has 5 nitrogen and oxygen atoms in total. The summed E-state index contributed by atoms with van der Waals surface area (Å²) >= 11 is 0. The van der Waals surface area contributed by atoms with E-state index < -0.39 is 6.29 Å². The van der Waals surface area contributed by atoms with Gasteiger partial charge in [-0.3, -0.25) is 4.79 Å². The van der Waals surface area contributed by atoms with Crippen molar-refractivity contribution in [1.82, 2.24) is 5.32 Å². The Morgan fingerprint density at radius 2 is 2.05 bits per heavy atom. The van der Waals surface area contributed by atoms with Crippen molar-refractivity contribution in [3.63, 3.8) is 0 Å². The van der Waals surface area contributed by atoms with E-state index in [9.17, 15) is 4.79 Å². The number of hydrogen-bond donors (Lipinski definition) is 2. The maximum atomic E-state index is 11.7. The van der Waals surface area contributed by atoms with Crippen molar-refractivity contribution in [2.45, 2.75) is 19.3 Å². The van der Waals surface area contributed by atoms with Crippen LogP contribution in [0.1, 0.15) is 12.5 Å². The van der Waals surface area contributed by atoms with Gasteiger partial charge in [-0.15, -0.1) is 0 Å². The summed E-state index contributed by atoms with van der Waals surface area (Å²) in [7, 11) is 3.05. The van der Waals surface area contributed by atoms with Crippen molar-refractivity contribution in [2.24, 2.45) is 0 Å². The molecule has 0 aromatic heterocycles. The van der Waals surface area contributed by atoms with Crippen LogP contribution >= 0.6 is 0 Å². The lowest BCUT2D eigenvalue weighted by Crippen LogP contribution is -2.42. The van der Waals surface area contributed by atoms with Gasteiger partial charge in [0.1, 0.15) is 0 Å². The molecule has 0 saturated carbocycles. The van der Waals surface area contributed by atoms with E-state index in [-0.39, 0.29) is 11.9 Å². The van der Waals surface area contributed by atoms with Gasteiger partial charge < -0.3 is 20.5 Å². The maximum absolute atomic E-state index is 11.7. The molecule has 1 unspecified atom stereocenters. The summed E-state index contributed by atoms with van der Waals surface area (Å²) in [4.78, 5) is 11.7. The zero-order valence-corrected chi connectivity index (χ0v) is 11.4. The van der Waals surface area contributed by atoms with Crippen LogP contribution in [0.2, 0.25) is 0 Å². The van der Waals surface area contributed by atoms with E-state index in [0.29, 0.717) is 5.69 Å². The molecule has 3 N–H and O–H groups in total. The molecule has 0 saturated heterocycles. The Bertz CT molecular complexity index is 442. The molecule has 19 heavy (non-hydrogen) atoms. The second-order valence-electron chi connectivity index (χ2n) is 4.14. The summed E-state index contributed by atoms with van der Waals surface area (Å²) < 4.78 is 10.1. The zero-order chi connectivity index (χ0) is 14.3. The van der Waals surface area contributed by atoms with Gasteiger partial charge in [-0.1, -0.05) is 12.1 Å². The van der Waals surface area contributed by atoms with Crippen molar-refractivity contribution in [2.75, 3.05) is 20.0 Å². The number of rotatable bonds is 6. The number of hydrogen-bond acceptors (Lipinski definition) is 4. The SMILES string of the molecule is COC(OC)C(C)NC(=O)/C=C/c1cccc(N)c1. The summed E-state index contributed by atoms with van der Waals surface area (Å²) in [5.41, 5.74) is 7.19. The van der Waals surface area contributed by atoms with Gasteiger partial charge in [-0.25, -0.2) is 0 Å². The fourth-order valence-electron chi connectivity index (χ4n) is 1.68. The van der Waals surface area contributed by atoms with Crippen LogP contribution in [0.3, 0.4) is 0 Å². The number of anilines is 1. The van der Waals surface area contributed by atoms with Crippen LogP contribution in [0.5, 0.6) is 0 Å². The number of nitrogens with one attached hydrogen (secondary N) is 1. The molecule has 1 aromatic carbocycles. The van der Waals surface area contributed by atoms with Crippen LogP contribution in [0, 0.1) is 0 Å². The van der Waals surface area contributed by atoms with Crippen molar-refractivity contribution in [1.29, 1.82) is 0 Å². The Morgan fingerprint density at radius 3 is 2.63 bits per heavy atom. The molecule has 1 aromatic rings. The predicted molar refractivity (Wildman–Crippen MR) is 75.3 cm³/mol. The molecule has 0 aliphatic carbocycles. The second kappa shape index (κ2) is 7.56. The van der Waals surface area contributed by atoms with E-state index in [1.807, 2.05) is 19.1 Å². The van der Waals surface area contributed by atoms with Gasteiger partial charge in [0, 0.05) is 26.0 Å². The van der Waals surface area contributed by atoms with Crippen molar-refractivity contribution >= 4 is 17.7 Å². The van der Waals surface area contributed by atoms with Gasteiger partial charge in [0.25, 0.3) is 0 Å². The lowest BCUT2D eigenvalue weighted by atomic mass is 10.2. The lowest BCUT2D eigenvalue weighted by Gasteiger charge is -2.21. The van der Waals surface area contributed by atoms with Crippen molar-refractivity contribution in [3.8, 4) is 0 Å². The van der Waals surface area contributed by atoms with Gasteiger partial charge in [-0.05, 0) is 30.7 Å². The van der Waals surface area contributed by atoms with Crippen LogP contribution in [0.4, 0.5) is 5.69 Å². The molecule has 0 spiro atoms. The standard InChI is InChI=1S/C14H20N2O3/c1-10(14(18-2)19-3)16-13(17)8-7-11-5-4-6-12(15)9-11/h4-10,14H,15H2,1-3H3,(H,16,17)/b8-7+. The highest BCUT2D eigenvalue weighted by molar-refractivity contribution is 5.92. The molecular weight excluding hydrogens is 244 g/mol. The van der Waals surface area contributed by atoms with Gasteiger partial charge in [0.15, 0.2) is 6.29 Å². The minimum absolute atomic E-state index is 0.214. The van der Waals surface area contributed by atoms with Gasteiger partial charge >= 0.3 is 0 Å². The molecule has 1 amide bonds. The molecule has 0 aliphatic heterocycles. The molecule has 1 rings (SSSR count). The van der Waals surface area contributed by atoms with E-state index in [2.05, 4.69) is 5.32 Å². The van der Waals surface area contributed by atoms with Crippen LogP contribution in [-0.2, 0) is 14.3 Å². The minimum atomic E-state index is -0.468. The number of carbonyl (C=O) groups is 1. The third-order valence-electron chi connectivity index (χ3n) is 2.58. The molecule has 0 radical (unpaired) electrons. The highest BCUT2D eigenvalue weighted by Gasteiger charge is 2.16. The van der Waals surface area contributed by atoms with Crippen LogP contribution < -0.4 is 11.1 Å². The maximum Gasteiger partial charge on any atom is 0.244 e. The van der Waals surface area contributed by atoms with Gasteiger partial charge in [-0.2, -0.15) is 0 Å². The number of ether oxygens (including phenoxy) is 2. The number of amides is 1. The van der Waals surface area contributed by atoms with E-state index in [1.54, 1.807) is 18.2 Å². The third kappa shape index (κ3) is 5.11. The predicted octanol–water partition coefficient (Wildman–Crippen LogP) is 1.41.